The molecule has 37 heavy (non-hydrogen) atoms. The highest BCUT2D eigenvalue weighted by atomic mass is 35.5. The van der Waals surface area contributed by atoms with E-state index in [0.717, 1.165) is 17.5 Å². The molecule has 1 saturated heterocycles. The number of aromatic nitrogens is 7. The molecule has 0 atom stereocenters. The highest BCUT2D eigenvalue weighted by Gasteiger charge is 2.33. The Morgan fingerprint density at radius 2 is 2.05 bits per heavy atom. The van der Waals surface area contributed by atoms with Gasteiger partial charge in [0.05, 0.1) is 34.4 Å². The normalized spacial score (nSPS) is 14.4. The largest absolute Gasteiger partial charge is 0.444 e. The number of amides is 1. The molecule has 13 heteroatoms. The highest BCUT2D eigenvalue weighted by Crippen LogP contribution is 2.36. The number of aryl methyl sites for hydroxylation is 1. The fourth-order valence-corrected chi connectivity index (χ4v) is 4.57. The average Bonchev–Trinajstić information content (AvgIpc) is 3.35. The third-order valence-electron chi connectivity index (χ3n) is 5.96. The maximum absolute atomic E-state index is 12.2. The van der Waals surface area contributed by atoms with Crippen LogP contribution in [-0.2, 0) is 11.2 Å². The molecule has 0 aliphatic carbocycles. The molecule has 4 aromatic heterocycles. The van der Waals surface area contributed by atoms with Gasteiger partial charge in [-0.15, -0.1) is 5.10 Å². The molecule has 0 bridgehead atoms. The van der Waals surface area contributed by atoms with Crippen molar-refractivity contribution < 1.29 is 9.53 Å². The van der Waals surface area contributed by atoms with Gasteiger partial charge >= 0.3 is 6.09 Å². The Bertz CT molecular complexity index is 1470. The predicted octanol–water partition coefficient (Wildman–Crippen LogP) is 4.35. The van der Waals surface area contributed by atoms with Gasteiger partial charge in [0.15, 0.2) is 5.65 Å². The van der Waals surface area contributed by atoms with Crippen molar-refractivity contribution >= 4 is 57.3 Å². The number of anilines is 3. The van der Waals surface area contributed by atoms with Gasteiger partial charge in [-0.2, -0.15) is 9.97 Å². The molecular weight excluding hydrogens is 496 g/mol. The number of nitrogens with zero attached hydrogens (tertiary/aromatic N) is 7. The Kier molecular flexibility index (Phi) is 6.30. The fraction of sp³-hybridized carbons (Fsp3) is 0.500. The molecule has 1 aliphatic rings. The number of rotatable bonds is 6. The summed E-state index contributed by atoms with van der Waals surface area (Å²) in [5, 5.41) is 15.9. The molecule has 0 saturated carbocycles. The van der Waals surface area contributed by atoms with Crippen LogP contribution in [0.1, 0.15) is 53.3 Å². The fourth-order valence-electron chi connectivity index (χ4n) is 4.22. The standard InChI is InChI=1S/C24H31ClN10O2/c1-7-15-18(25)17-19(29-15)30-22(27-13-8-16-20(26-9-13)35(12(2)3)33-32-16)31-21(17)34-10-14(11-34)28-23(36)37-24(4,5)6/h8-9,12,14H,7,10-11H2,1-6H3,(H,28,36)(H2,27,29,30,31). The van der Waals surface area contributed by atoms with Crippen molar-refractivity contribution in [2.75, 3.05) is 23.3 Å². The van der Waals surface area contributed by atoms with Gasteiger partial charge in [-0.3, -0.25) is 0 Å². The van der Waals surface area contributed by atoms with Gasteiger partial charge in [-0.05, 0) is 47.1 Å². The number of halogens is 1. The first-order chi connectivity index (χ1) is 17.5. The van der Waals surface area contributed by atoms with Crippen LogP contribution in [0.3, 0.4) is 0 Å². The lowest BCUT2D eigenvalue weighted by Gasteiger charge is -2.40. The summed E-state index contributed by atoms with van der Waals surface area (Å²) in [6.45, 7) is 12.7. The smallest absolute Gasteiger partial charge is 0.407 e. The Balaban J connectivity index is 1.41. The van der Waals surface area contributed by atoms with Crippen molar-refractivity contribution in [2.24, 2.45) is 0 Å². The van der Waals surface area contributed by atoms with Crippen LogP contribution in [0.15, 0.2) is 12.3 Å². The van der Waals surface area contributed by atoms with Crippen LogP contribution in [0.5, 0.6) is 0 Å². The third-order valence-corrected chi connectivity index (χ3v) is 6.37. The number of nitrogens with one attached hydrogen (secondary N) is 3. The molecule has 12 nitrogen and oxygen atoms in total. The van der Waals surface area contributed by atoms with Crippen LogP contribution >= 0.6 is 11.6 Å². The summed E-state index contributed by atoms with van der Waals surface area (Å²) >= 11 is 6.71. The minimum absolute atomic E-state index is 0.0604. The van der Waals surface area contributed by atoms with Crippen LogP contribution in [0.2, 0.25) is 5.02 Å². The average molecular weight is 527 g/mol. The van der Waals surface area contributed by atoms with Crippen molar-refractivity contribution in [3.63, 3.8) is 0 Å². The number of H-pyrrole nitrogens is 1. The number of carbonyl (C=O) groups excluding carboxylic acids is 1. The molecule has 0 radical (unpaired) electrons. The molecule has 4 aromatic rings. The summed E-state index contributed by atoms with van der Waals surface area (Å²) < 4.78 is 7.15. The minimum atomic E-state index is -0.553. The highest BCUT2D eigenvalue weighted by molar-refractivity contribution is 6.37. The number of hydrogen-bond donors (Lipinski definition) is 3. The molecule has 0 spiro atoms. The third kappa shape index (κ3) is 4.97. The van der Waals surface area contributed by atoms with E-state index in [1.54, 1.807) is 10.9 Å². The minimum Gasteiger partial charge on any atom is -0.444 e. The summed E-state index contributed by atoms with van der Waals surface area (Å²) in [5.74, 6) is 1.08. The number of hydrogen-bond acceptors (Lipinski definition) is 9. The van der Waals surface area contributed by atoms with Crippen molar-refractivity contribution in [3.8, 4) is 0 Å². The van der Waals surface area contributed by atoms with Gasteiger partial charge in [-0.25, -0.2) is 14.5 Å². The molecule has 0 aromatic carbocycles. The van der Waals surface area contributed by atoms with E-state index in [1.807, 2.05) is 47.6 Å². The summed E-state index contributed by atoms with van der Waals surface area (Å²) in [7, 11) is 0. The zero-order chi connectivity index (χ0) is 26.5. The van der Waals surface area contributed by atoms with Gasteiger partial charge < -0.3 is 25.3 Å². The Morgan fingerprint density at radius 1 is 1.30 bits per heavy atom. The topological polar surface area (TPSA) is 139 Å². The van der Waals surface area contributed by atoms with Gasteiger partial charge in [0.1, 0.15) is 22.6 Å². The molecule has 5 heterocycles. The van der Waals surface area contributed by atoms with Crippen molar-refractivity contribution in [3.05, 3.63) is 23.0 Å². The number of ether oxygens (including phenoxy) is 1. The number of fused-ring (bicyclic) bond motifs is 2. The number of carbonyl (C=O) groups is 1. The van der Waals surface area contributed by atoms with E-state index >= 15 is 0 Å². The summed E-state index contributed by atoms with van der Waals surface area (Å²) in [5.41, 5.74) is 3.05. The first-order valence-electron chi connectivity index (χ1n) is 12.3. The van der Waals surface area contributed by atoms with E-state index in [0.29, 0.717) is 52.4 Å². The molecular formula is C24H31ClN10O2. The lowest BCUT2D eigenvalue weighted by Crippen LogP contribution is -2.60. The zero-order valence-electron chi connectivity index (χ0n) is 21.8. The molecule has 1 aliphatic heterocycles. The zero-order valence-corrected chi connectivity index (χ0v) is 22.5. The van der Waals surface area contributed by atoms with Crippen molar-refractivity contribution in [1.29, 1.82) is 0 Å². The SMILES string of the molecule is CCc1[nH]c2nc(Nc3cnc4c(c3)nnn4C(C)C)nc(N3CC(NC(=O)OC(C)(C)C)C3)c2c1Cl. The molecule has 1 fully saturated rings. The van der Waals surface area contributed by atoms with Gasteiger partial charge in [0.25, 0.3) is 0 Å². The Labute approximate surface area is 219 Å². The lowest BCUT2D eigenvalue weighted by atomic mass is 10.1. The van der Waals surface area contributed by atoms with Crippen LogP contribution < -0.4 is 15.5 Å². The molecule has 196 valence electrons. The molecule has 3 N–H and O–H groups in total. The number of pyridine rings is 1. The Hall–Kier alpha value is -3.67. The molecule has 0 unspecified atom stereocenters. The maximum Gasteiger partial charge on any atom is 0.407 e. The quantitative estimate of drug-likeness (QED) is 0.334. The second kappa shape index (κ2) is 9.33. The van der Waals surface area contributed by atoms with E-state index < -0.39 is 11.7 Å². The van der Waals surface area contributed by atoms with Crippen LogP contribution in [0.4, 0.5) is 22.2 Å². The molecule has 1 amide bonds. The van der Waals surface area contributed by atoms with Crippen molar-refractivity contribution in [2.45, 2.75) is 65.6 Å². The van der Waals surface area contributed by atoms with Crippen molar-refractivity contribution in [1.82, 2.24) is 40.2 Å². The van der Waals surface area contributed by atoms with Gasteiger partial charge in [0.2, 0.25) is 5.95 Å². The van der Waals surface area contributed by atoms with E-state index in [2.05, 4.69) is 40.8 Å². The lowest BCUT2D eigenvalue weighted by molar-refractivity contribution is 0.0496. The van der Waals surface area contributed by atoms with E-state index in [1.165, 1.54) is 0 Å². The van der Waals surface area contributed by atoms with Gasteiger partial charge in [0, 0.05) is 18.8 Å². The monoisotopic (exact) mass is 526 g/mol. The second-order valence-electron chi connectivity index (χ2n) is 10.4. The summed E-state index contributed by atoms with van der Waals surface area (Å²) in [4.78, 5) is 31.6. The number of aromatic amines is 1. The second-order valence-corrected chi connectivity index (χ2v) is 10.8. The first kappa shape index (κ1) is 25.0. The summed E-state index contributed by atoms with van der Waals surface area (Å²) in [6.07, 6.45) is 2.01. The van der Waals surface area contributed by atoms with Gasteiger partial charge in [-0.1, -0.05) is 23.7 Å². The summed E-state index contributed by atoms with van der Waals surface area (Å²) in [6, 6.07) is 1.96. The Morgan fingerprint density at radius 3 is 2.73 bits per heavy atom. The number of alkyl carbamates (subject to hydrolysis) is 1. The van der Waals surface area contributed by atoms with Crippen LogP contribution in [0, 0.1) is 0 Å². The van der Waals surface area contributed by atoms with E-state index in [4.69, 9.17) is 21.3 Å². The maximum atomic E-state index is 12.2. The molecule has 5 rings (SSSR count). The van der Waals surface area contributed by atoms with E-state index in [-0.39, 0.29) is 12.1 Å². The van der Waals surface area contributed by atoms with Crippen LogP contribution in [-0.4, -0.2) is 65.8 Å². The first-order valence-corrected chi connectivity index (χ1v) is 12.7. The van der Waals surface area contributed by atoms with E-state index in [9.17, 15) is 4.79 Å². The van der Waals surface area contributed by atoms with Crippen LogP contribution in [0.25, 0.3) is 22.2 Å². The predicted molar refractivity (Wildman–Crippen MR) is 143 cm³/mol.